The Kier molecular flexibility index (Phi) is 6.18. The second-order valence-corrected chi connectivity index (χ2v) is 5.53. The molecule has 0 aromatic heterocycles. The van der Waals surface area contributed by atoms with Crippen LogP contribution in [0.1, 0.15) is 13.8 Å². The van der Waals surface area contributed by atoms with E-state index in [1.807, 2.05) is 18.0 Å². The van der Waals surface area contributed by atoms with E-state index in [9.17, 15) is 9.59 Å². The van der Waals surface area contributed by atoms with Crippen molar-refractivity contribution in [1.82, 2.24) is 15.1 Å². The first-order valence-corrected chi connectivity index (χ1v) is 6.93. The average molecular weight is 294 g/mol. The van der Waals surface area contributed by atoms with Crippen LogP contribution >= 0.6 is 0 Å². The molecule has 7 heteroatoms. The summed E-state index contributed by atoms with van der Waals surface area (Å²) in [7, 11) is 2.01. The summed E-state index contributed by atoms with van der Waals surface area (Å²) in [4.78, 5) is 27.2. The molecule has 1 aliphatic rings. The molecule has 1 rings (SSSR count). The number of aliphatic carboxylic acids is 1. The molecule has 2 N–H and O–H groups in total. The summed E-state index contributed by atoms with van der Waals surface area (Å²) < 4.78 is 0. The Hall–Kier alpha value is -2.07. The van der Waals surface area contributed by atoms with Gasteiger partial charge in [-0.3, -0.25) is 4.79 Å². The van der Waals surface area contributed by atoms with Crippen LogP contribution in [0.4, 0.5) is 0 Å². The van der Waals surface area contributed by atoms with E-state index in [0.29, 0.717) is 0 Å². The standard InChI is InChI=1S/C14H22N4O3/c1-10(2)12(14(20)21)16-13(19)11(8-15)9-18-6-4-17(3)5-7-18/h9-10,12H,4-7H2,1-3H3,(H,16,19)(H,20,21)/b11-9-. The Bertz CT molecular complexity index is 459. The SMILES string of the molecule is CC(C)C(NC(=O)/C(C#N)=C\N1CCN(C)CC1)C(=O)O. The van der Waals surface area contributed by atoms with Crippen LogP contribution in [0.3, 0.4) is 0 Å². The number of hydrogen-bond donors (Lipinski definition) is 2. The van der Waals surface area contributed by atoms with Crippen LogP contribution in [0.25, 0.3) is 0 Å². The highest BCUT2D eigenvalue weighted by atomic mass is 16.4. The van der Waals surface area contributed by atoms with Gasteiger partial charge < -0.3 is 20.2 Å². The number of rotatable bonds is 5. The smallest absolute Gasteiger partial charge is 0.326 e. The predicted molar refractivity (Wildman–Crippen MR) is 77.2 cm³/mol. The number of nitriles is 1. The largest absolute Gasteiger partial charge is 0.480 e. The molecular weight excluding hydrogens is 272 g/mol. The van der Waals surface area contributed by atoms with Gasteiger partial charge >= 0.3 is 5.97 Å². The van der Waals surface area contributed by atoms with E-state index in [4.69, 9.17) is 10.4 Å². The number of nitrogens with one attached hydrogen (secondary N) is 1. The summed E-state index contributed by atoms with van der Waals surface area (Å²) in [5.41, 5.74) is -0.0635. The van der Waals surface area contributed by atoms with Crippen molar-refractivity contribution < 1.29 is 14.7 Å². The molecule has 0 aliphatic carbocycles. The molecule has 1 atom stereocenters. The van der Waals surface area contributed by atoms with E-state index in [0.717, 1.165) is 26.2 Å². The molecular formula is C14H22N4O3. The van der Waals surface area contributed by atoms with Crippen molar-refractivity contribution in [3.63, 3.8) is 0 Å². The molecule has 0 spiro atoms. The Morgan fingerprint density at radius 1 is 1.29 bits per heavy atom. The van der Waals surface area contributed by atoms with Gasteiger partial charge in [0.1, 0.15) is 17.7 Å². The molecule has 1 saturated heterocycles. The normalized spacial score (nSPS) is 18.2. The third kappa shape index (κ3) is 5.08. The third-order valence-corrected chi connectivity index (χ3v) is 3.43. The van der Waals surface area contributed by atoms with Gasteiger partial charge in [-0.25, -0.2) is 4.79 Å². The van der Waals surface area contributed by atoms with E-state index >= 15 is 0 Å². The number of likely N-dealkylation sites (N-methyl/N-ethyl adjacent to an activating group) is 1. The lowest BCUT2D eigenvalue weighted by atomic mass is 10.0. The molecule has 1 heterocycles. The van der Waals surface area contributed by atoms with Gasteiger partial charge in [-0.15, -0.1) is 0 Å². The Balaban J connectivity index is 2.73. The zero-order chi connectivity index (χ0) is 16.0. The van der Waals surface area contributed by atoms with Crippen LogP contribution in [0, 0.1) is 17.2 Å². The lowest BCUT2D eigenvalue weighted by Crippen LogP contribution is -2.45. The maximum Gasteiger partial charge on any atom is 0.326 e. The van der Waals surface area contributed by atoms with Crippen LogP contribution in [0.15, 0.2) is 11.8 Å². The molecule has 1 aliphatic heterocycles. The Labute approximate surface area is 124 Å². The van der Waals surface area contributed by atoms with Gasteiger partial charge in [-0.05, 0) is 13.0 Å². The van der Waals surface area contributed by atoms with Gasteiger partial charge in [-0.2, -0.15) is 5.26 Å². The Morgan fingerprint density at radius 2 is 1.86 bits per heavy atom. The van der Waals surface area contributed by atoms with Gasteiger partial charge in [0.25, 0.3) is 5.91 Å². The minimum Gasteiger partial charge on any atom is -0.480 e. The van der Waals surface area contributed by atoms with E-state index in [1.54, 1.807) is 13.8 Å². The van der Waals surface area contributed by atoms with Gasteiger partial charge in [0, 0.05) is 32.4 Å². The van der Waals surface area contributed by atoms with Crippen molar-refractivity contribution in [2.45, 2.75) is 19.9 Å². The first-order valence-electron chi connectivity index (χ1n) is 6.93. The van der Waals surface area contributed by atoms with E-state index in [1.165, 1.54) is 6.20 Å². The molecule has 1 amide bonds. The molecule has 0 aromatic rings. The van der Waals surface area contributed by atoms with Crippen molar-refractivity contribution >= 4 is 11.9 Å². The molecule has 1 fully saturated rings. The van der Waals surface area contributed by atoms with Crippen LogP contribution < -0.4 is 5.32 Å². The minimum absolute atomic E-state index is 0.0635. The monoisotopic (exact) mass is 294 g/mol. The number of carbonyl (C=O) groups is 2. The summed E-state index contributed by atoms with van der Waals surface area (Å²) in [6, 6.07) is 0.846. The highest BCUT2D eigenvalue weighted by Gasteiger charge is 2.25. The lowest BCUT2D eigenvalue weighted by molar-refractivity contribution is -0.142. The molecule has 0 saturated carbocycles. The quantitative estimate of drug-likeness (QED) is 0.541. The van der Waals surface area contributed by atoms with Gasteiger partial charge in [-0.1, -0.05) is 13.8 Å². The fraction of sp³-hybridized carbons (Fsp3) is 0.643. The maximum atomic E-state index is 12.0. The first kappa shape index (κ1) is 17.0. The van der Waals surface area contributed by atoms with Gasteiger partial charge in [0.2, 0.25) is 0 Å². The van der Waals surface area contributed by atoms with Gasteiger partial charge in [0.15, 0.2) is 0 Å². The van der Waals surface area contributed by atoms with Crippen LogP contribution in [0.2, 0.25) is 0 Å². The van der Waals surface area contributed by atoms with Gasteiger partial charge in [0.05, 0.1) is 0 Å². The second kappa shape index (κ2) is 7.64. The second-order valence-electron chi connectivity index (χ2n) is 5.53. The molecule has 116 valence electrons. The van der Waals surface area contributed by atoms with Crippen molar-refractivity contribution in [3.8, 4) is 6.07 Å². The number of nitrogens with zero attached hydrogens (tertiary/aromatic N) is 3. The number of carbonyl (C=O) groups excluding carboxylic acids is 1. The number of carboxylic acids is 1. The van der Waals surface area contributed by atoms with Crippen molar-refractivity contribution in [1.29, 1.82) is 5.26 Å². The fourth-order valence-corrected chi connectivity index (χ4v) is 2.00. The first-order chi connectivity index (χ1) is 9.85. The van der Waals surface area contributed by atoms with Crippen LogP contribution in [0.5, 0.6) is 0 Å². The highest BCUT2D eigenvalue weighted by Crippen LogP contribution is 2.06. The molecule has 7 nitrogen and oxygen atoms in total. The minimum atomic E-state index is -1.10. The molecule has 21 heavy (non-hydrogen) atoms. The number of piperazine rings is 1. The highest BCUT2D eigenvalue weighted by molar-refractivity contribution is 5.99. The van der Waals surface area contributed by atoms with Crippen LogP contribution in [-0.4, -0.2) is 66.1 Å². The maximum absolute atomic E-state index is 12.0. The fourth-order valence-electron chi connectivity index (χ4n) is 2.00. The van der Waals surface area contributed by atoms with Crippen molar-refractivity contribution in [2.75, 3.05) is 33.2 Å². The molecule has 1 unspecified atom stereocenters. The lowest BCUT2D eigenvalue weighted by Gasteiger charge is -2.31. The van der Waals surface area contributed by atoms with E-state index < -0.39 is 17.9 Å². The van der Waals surface area contributed by atoms with E-state index in [2.05, 4.69) is 10.2 Å². The topological polar surface area (TPSA) is 96.7 Å². The van der Waals surface area contributed by atoms with Crippen molar-refractivity contribution in [2.24, 2.45) is 5.92 Å². The summed E-state index contributed by atoms with van der Waals surface area (Å²) in [6.07, 6.45) is 1.52. The van der Waals surface area contributed by atoms with Crippen LogP contribution in [-0.2, 0) is 9.59 Å². The number of carboxylic acid groups (broad SMARTS) is 1. The summed E-state index contributed by atoms with van der Waals surface area (Å²) >= 11 is 0. The molecule has 0 aromatic carbocycles. The average Bonchev–Trinajstić information content (AvgIpc) is 2.43. The summed E-state index contributed by atoms with van der Waals surface area (Å²) in [5, 5.41) is 20.6. The molecule has 0 bridgehead atoms. The third-order valence-electron chi connectivity index (χ3n) is 3.43. The Morgan fingerprint density at radius 3 is 2.29 bits per heavy atom. The zero-order valence-corrected chi connectivity index (χ0v) is 12.7. The van der Waals surface area contributed by atoms with E-state index in [-0.39, 0.29) is 11.5 Å². The van der Waals surface area contributed by atoms with Crippen molar-refractivity contribution in [3.05, 3.63) is 11.8 Å². The zero-order valence-electron chi connectivity index (χ0n) is 12.7. The predicted octanol–water partition coefficient (Wildman–Crippen LogP) is -0.133. The summed E-state index contributed by atoms with van der Waals surface area (Å²) in [5.74, 6) is -2.00. The summed E-state index contributed by atoms with van der Waals surface area (Å²) in [6.45, 7) is 6.61. The molecule has 0 radical (unpaired) electrons. The number of hydrogen-bond acceptors (Lipinski definition) is 5. The number of amides is 1.